The third-order valence-electron chi connectivity index (χ3n) is 9.29. The van der Waals surface area contributed by atoms with E-state index in [1.54, 1.807) is 66.7 Å². The van der Waals surface area contributed by atoms with Gasteiger partial charge in [0.15, 0.2) is 0 Å². The maximum absolute atomic E-state index is 14.9. The molecule has 0 bridgehead atoms. The molecule has 2 aliphatic rings. The molecule has 0 aromatic heterocycles. The Morgan fingerprint density at radius 2 is 1.19 bits per heavy atom. The van der Waals surface area contributed by atoms with Gasteiger partial charge in [0.05, 0.1) is 29.8 Å². The first-order chi connectivity index (χ1) is 25.0. The Morgan fingerprint density at radius 1 is 0.685 bits per heavy atom. The molecule has 2 heterocycles. The van der Waals surface area contributed by atoms with Crippen molar-refractivity contribution in [2.24, 2.45) is 5.92 Å². The Kier molecular flexibility index (Phi) is 10.7. The first-order valence-corrected chi connectivity index (χ1v) is 16.1. The fraction of sp³-hybridized carbons (Fsp3) is 0.429. The summed E-state index contributed by atoms with van der Waals surface area (Å²) in [5.41, 5.74) is 1.32. The number of carbonyl (C=O) groups is 2. The van der Waals surface area contributed by atoms with E-state index < -0.39 is 97.3 Å². The van der Waals surface area contributed by atoms with Crippen LogP contribution in [-0.4, -0.2) is 70.9 Å². The van der Waals surface area contributed by atoms with E-state index in [-0.39, 0.29) is 0 Å². The lowest BCUT2D eigenvalue weighted by atomic mass is 9.87. The Hall–Kier alpha value is -4.55. The van der Waals surface area contributed by atoms with Crippen molar-refractivity contribution in [3.63, 3.8) is 0 Å². The third-order valence-corrected chi connectivity index (χ3v) is 9.29. The summed E-state index contributed by atoms with van der Waals surface area (Å²) in [5, 5.41) is 1.41. The maximum atomic E-state index is 14.9. The van der Waals surface area contributed by atoms with Crippen molar-refractivity contribution in [2.75, 3.05) is 5.06 Å². The molecule has 5 rings (SSSR count). The number of benzene rings is 3. The number of rotatable bonds is 12. The van der Waals surface area contributed by atoms with Gasteiger partial charge in [0, 0.05) is 6.42 Å². The molecule has 0 saturated carbocycles. The molecule has 54 heavy (non-hydrogen) atoms. The number of cyclic esters (lactones) is 1. The van der Waals surface area contributed by atoms with Crippen molar-refractivity contribution in [2.45, 2.75) is 86.3 Å². The van der Waals surface area contributed by atoms with Crippen LogP contribution in [0.1, 0.15) is 36.9 Å². The fourth-order valence-electron chi connectivity index (χ4n) is 6.43. The number of hydroxylamine groups is 1. The summed E-state index contributed by atoms with van der Waals surface area (Å²) >= 11 is 0. The highest BCUT2D eigenvalue weighted by atomic mass is 19.4. The second-order valence-electron chi connectivity index (χ2n) is 12.8. The van der Waals surface area contributed by atoms with Gasteiger partial charge in [0.25, 0.3) is 0 Å². The second-order valence-corrected chi connectivity index (χ2v) is 12.8. The topological polar surface area (TPSA) is 59.1 Å². The Labute approximate surface area is 298 Å². The number of halogens is 13. The summed E-state index contributed by atoms with van der Waals surface area (Å²) in [4.78, 5) is 34.4. The van der Waals surface area contributed by atoms with Crippen LogP contribution in [-0.2, 0) is 20.8 Å². The van der Waals surface area contributed by atoms with Gasteiger partial charge in [-0.15, -0.1) is 0 Å². The minimum absolute atomic E-state index is 0.322. The van der Waals surface area contributed by atoms with E-state index >= 15 is 0 Å². The molecule has 5 atom stereocenters. The van der Waals surface area contributed by atoms with Crippen LogP contribution in [0.2, 0.25) is 0 Å². The molecular formula is C35H29F13N2O4. The number of amides is 2. The fourth-order valence-corrected chi connectivity index (χ4v) is 6.43. The number of imide groups is 1. The Balaban J connectivity index is 1.47. The zero-order valence-electron chi connectivity index (χ0n) is 27.6. The zero-order valence-corrected chi connectivity index (χ0v) is 27.6. The average Bonchev–Trinajstić information content (AvgIpc) is 3.62. The van der Waals surface area contributed by atoms with Crippen molar-refractivity contribution in [3.05, 3.63) is 102 Å². The highest BCUT2D eigenvalue weighted by Crippen LogP contribution is 2.61. The number of ether oxygens (including phenoxy) is 1. The van der Waals surface area contributed by atoms with Crippen LogP contribution in [0.25, 0.3) is 0 Å². The third kappa shape index (κ3) is 6.83. The zero-order chi connectivity index (χ0) is 40.1. The second kappa shape index (κ2) is 14.3. The van der Waals surface area contributed by atoms with Crippen LogP contribution in [0.4, 0.5) is 67.6 Å². The molecule has 294 valence electrons. The standard InChI is InChI=1S/C35H29F13N2O4/c1-20-26(27(22-13-7-3-8-14-22)50(54-20)23-15-9-4-10-16-23)28(51)49-24(19-21-11-5-2-6-12-21)25(53-29(49)52)17-18-30(36,37)31(38,39)32(40,41)33(42,43)34(44,45)35(46,47)48/h2-16,20,24-27H,17-19H2,1H3/t20-,24-,25+,26-,27+/m0/s1. The molecule has 0 unspecified atom stereocenters. The summed E-state index contributed by atoms with van der Waals surface area (Å²) in [6.45, 7) is 1.49. The van der Waals surface area contributed by atoms with E-state index in [4.69, 9.17) is 9.57 Å². The van der Waals surface area contributed by atoms with E-state index in [1.165, 1.54) is 36.3 Å². The van der Waals surface area contributed by atoms with Gasteiger partial charge >= 0.3 is 41.9 Å². The van der Waals surface area contributed by atoms with E-state index in [2.05, 4.69) is 0 Å². The molecule has 2 amide bonds. The van der Waals surface area contributed by atoms with Gasteiger partial charge in [-0.1, -0.05) is 78.9 Å². The van der Waals surface area contributed by atoms with Crippen LogP contribution >= 0.6 is 0 Å². The summed E-state index contributed by atoms with van der Waals surface area (Å²) < 4.78 is 184. The average molecular weight is 789 g/mol. The lowest BCUT2D eigenvalue weighted by molar-refractivity contribution is -0.440. The molecule has 0 aliphatic carbocycles. The normalized spacial score (nSPS) is 23.1. The van der Waals surface area contributed by atoms with Crippen molar-refractivity contribution in [1.82, 2.24) is 4.90 Å². The van der Waals surface area contributed by atoms with Gasteiger partial charge in [0.2, 0.25) is 5.91 Å². The molecule has 2 saturated heterocycles. The Bertz CT molecular complexity index is 1780. The molecule has 2 fully saturated rings. The minimum atomic E-state index is -8.05. The van der Waals surface area contributed by atoms with Crippen LogP contribution in [0.3, 0.4) is 0 Å². The van der Waals surface area contributed by atoms with Gasteiger partial charge in [0.1, 0.15) is 6.10 Å². The molecule has 6 nitrogen and oxygen atoms in total. The molecular weight excluding hydrogens is 759 g/mol. The highest BCUT2D eigenvalue weighted by molar-refractivity contribution is 5.96. The van der Waals surface area contributed by atoms with E-state index in [1.807, 2.05) is 0 Å². The predicted molar refractivity (Wildman–Crippen MR) is 163 cm³/mol. The van der Waals surface area contributed by atoms with Gasteiger partial charge in [-0.05, 0) is 43.0 Å². The number of hydrogen-bond donors (Lipinski definition) is 0. The lowest BCUT2D eigenvalue weighted by Crippen LogP contribution is -2.70. The Morgan fingerprint density at radius 3 is 1.72 bits per heavy atom. The van der Waals surface area contributed by atoms with Crippen molar-refractivity contribution >= 4 is 17.7 Å². The van der Waals surface area contributed by atoms with E-state index in [9.17, 15) is 66.7 Å². The smallest absolute Gasteiger partial charge is 0.444 e. The molecule has 0 spiro atoms. The summed E-state index contributed by atoms with van der Waals surface area (Å²) in [6, 6.07) is 21.6. The SMILES string of the molecule is C[C@@H]1ON(c2ccccc2)[C@H](c2ccccc2)[C@H]1C(=O)N1C(=O)O[C@H](CCC(F)(F)C(F)(F)C(F)(F)C(F)(F)C(F)(F)C(F)(F)F)[C@@H]1Cc1ccccc1. The van der Waals surface area contributed by atoms with E-state index in [0.29, 0.717) is 21.7 Å². The minimum Gasteiger partial charge on any atom is -0.444 e. The number of anilines is 1. The van der Waals surface area contributed by atoms with E-state index in [0.717, 1.165) is 0 Å². The predicted octanol–water partition coefficient (Wildman–Crippen LogP) is 9.66. The van der Waals surface area contributed by atoms with Crippen LogP contribution in [0.15, 0.2) is 91.0 Å². The summed E-state index contributed by atoms with van der Waals surface area (Å²) in [5.74, 6) is -40.0. The molecule has 19 heteroatoms. The first-order valence-electron chi connectivity index (χ1n) is 16.1. The summed E-state index contributed by atoms with van der Waals surface area (Å²) in [7, 11) is 0. The molecule has 2 aliphatic heterocycles. The van der Waals surface area contributed by atoms with Crippen molar-refractivity contribution in [1.29, 1.82) is 0 Å². The number of nitrogens with zero attached hydrogens (tertiary/aromatic N) is 2. The maximum Gasteiger partial charge on any atom is 0.460 e. The van der Waals surface area contributed by atoms with Gasteiger partial charge in [-0.2, -0.15) is 57.1 Å². The number of alkyl halides is 13. The highest BCUT2D eigenvalue weighted by Gasteiger charge is 2.90. The van der Waals surface area contributed by atoms with Crippen LogP contribution < -0.4 is 5.06 Å². The molecule has 3 aromatic rings. The lowest BCUT2D eigenvalue weighted by Gasteiger charge is -2.40. The number of carbonyl (C=O) groups excluding carboxylic acids is 2. The van der Waals surface area contributed by atoms with Gasteiger partial charge in [-0.3, -0.25) is 9.63 Å². The van der Waals surface area contributed by atoms with Crippen molar-refractivity contribution < 1.29 is 76.2 Å². The largest absolute Gasteiger partial charge is 0.460 e. The first kappa shape index (κ1) is 40.6. The quantitative estimate of drug-likeness (QED) is 0.171. The monoisotopic (exact) mass is 788 g/mol. The molecule has 3 aromatic carbocycles. The number of hydrogen-bond acceptors (Lipinski definition) is 5. The van der Waals surface area contributed by atoms with Crippen LogP contribution in [0, 0.1) is 5.92 Å². The summed E-state index contributed by atoms with van der Waals surface area (Å²) in [6.07, 6.45) is -16.6. The van der Waals surface area contributed by atoms with Gasteiger partial charge in [-0.25, -0.2) is 14.8 Å². The molecule has 0 N–H and O–H groups in total. The van der Waals surface area contributed by atoms with Gasteiger partial charge < -0.3 is 4.74 Å². The van der Waals surface area contributed by atoms with Crippen LogP contribution in [0.5, 0.6) is 0 Å². The molecule has 0 radical (unpaired) electrons. The van der Waals surface area contributed by atoms with Crippen molar-refractivity contribution in [3.8, 4) is 0 Å². The number of para-hydroxylation sites is 1.